The topological polar surface area (TPSA) is 95.1 Å². The van der Waals surface area contributed by atoms with E-state index in [1.165, 1.54) is 34.7 Å². The summed E-state index contributed by atoms with van der Waals surface area (Å²) in [5.41, 5.74) is 3.22. The molecule has 0 unspecified atom stereocenters. The van der Waals surface area contributed by atoms with Gasteiger partial charge in [-0.15, -0.1) is 0 Å². The van der Waals surface area contributed by atoms with Crippen molar-refractivity contribution in [2.75, 3.05) is 20.9 Å². The predicted molar refractivity (Wildman–Crippen MR) is 107 cm³/mol. The van der Waals surface area contributed by atoms with Crippen LogP contribution in [0, 0.1) is 10.1 Å². The largest absolute Gasteiger partial charge is 0.467 e. The Morgan fingerprint density at radius 1 is 1.24 bits per heavy atom. The summed E-state index contributed by atoms with van der Waals surface area (Å²) in [5, 5.41) is 14.0. The number of fused-ring (bicyclic) bond motifs is 1. The Balaban J connectivity index is 1.64. The summed E-state index contributed by atoms with van der Waals surface area (Å²) in [7, 11) is 4.19. The number of quaternary nitrogens is 1. The molecule has 1 amide bonds. The molecule has 0 saturated heterocycles. The average molecular weight is 398 g/mol. The first-order valence-electron chi connectivity index (χ1n) is 9.27. The summed E-state index contributed by atoms with van der Waals surface area (Å²) in [6.07, 6.45) is 2.87. The van der Waals surface area contributed by atoms with Crippen LogP contribution in [0.1, 0.15) is 22.3 Å². The van der Waals surface area contributed by atoms with Gasteiger partial charge in [0.15, 0.2) is 6.79 Å². The first-order valence-corrected chi connectivity index (χ1v) is 9.27. The molecule has 0 fully saturated rings. The molecule has 2 aromatic carbocycles. The number of amides is 1. The molecule has 1 aliphatic rings. The summed E-state index contributed by atoms with van der Waals surface area (Å²) < 4.78 is 10.6. The minimum absolute atomic E-state index is 0.0717. The van der Waals surface area contributed by atoms with Gasteiger partial charge in [0.1, 0.15) is 12.3 Å². The minimum atomic E-state index is -0.478. The van der Waals surface area contributed by atoms with E-state index in [2.05, 4.69) is 31.5 Å². The van der Waals surface area contributed by atoms with Crippen LogP contribution in [0.3, 0.4) is 0 Å². The fourth-order valence-corrected chi connectivity index (χ4v) is 3.06. The van der Waals surface area contributed by atoms with Crippen molar-refractivity contribution in [2.45, 2.75) is 19.7 Å². The number of non-ortho nitro benzene ring substituents is 1. The summed E-state index contributed by atoms with van der Waals surface area (Å²) in [5.74, 6) is 0.212. The summed E-state index contributed by atoms with van der Waals surface area (Å²) in [6.45, 7) is 1.64. The zero-order valence-electron chi connectivity index (χ0n) is 16.4. The van der Waals surface area contributed by atoms with Crippen molar-refractivity contribution in [3.05, 3.63) is 74.8 Å². The van der Waals surface area contributed by atoms with Crippen LogP contribution in [0.5, 0.6) is 5.75 Å². The molecule has 0 atom stereocenters. The van der Waals surface area contributed by atoms with Crippen LogP contribution >= 0.6 is 0 Å². The minimum Gasteiger partial charge on any atom is -0.467 e. The second-order valence-corrected chi connectivity index (χ2v) is 7.14. The number of ether oxygens (including phenoxy) is 2. The van der Waals surface area contributed by atoms with E-state index in [9.17, 15) is 14.9 Å². The molecule has 29 heavy (non-hydrogen) atoms. The highest BCUT2D eigenvalue weighted by Crippen LogP contribution is 2.33. The van der Waals surface area contributed by atoms with Gasteiger partial charge in [-0.3, -0.25) is 14.9 Å². The van der Waals surface area contributed by atoms with Gasteiger partial charge >= 0.3 is 0 Å². The number of nitrogens with zero attached hydrogens (tertiary/aromatic N) is 1. The van der Waals surface area contributed by atoms with Gasteiger partial charge < -0.3 is 19.7 Å². The second-order valence-electron chi connectivity index (χ2n) is 7.14. The van der Waals surface area contributed by atoms with Gasteiger partial charge in [0.05, 0.1) is 25.6 Å². The average Bonchev–Trinajstić information content (AvgIpc) is 2.70. The summed E-state index contributed by atoms with van der Waals surface area (Å²) >= 11 is 0. The van der Waals surface area contributed by atoms with Crippen LogP contribution in [-0.2, 0) is 29.2 Å². The van der Waals surface area contributed by atoms with Gasteiger partial charge in [0.25, 0.3) is 5.69 Å². The molecule has 2 N–H and O–H groups in total. The molecule has 0 saturated carbocycles. The molecular formula is C21H24N3O5+. The lowest BCUT2D eigenvalue weighted by atomic mass is 10.1. The van der Waals surface area contributed by atoms with Gasteiger partial charge in [-0.2, -0.15) is 0 Å². The molecule has 8 nitrogen and oxygen atoms in total. The first-order chi connectivity index (χ1) is 13.9. The van der Waals surface area contributed by atoms with Crippen molar-refractivity contribution in [1.82, 2.24) is 5.32 Å². The number of carbonyl (C=O) groups excluding carboxylic acids is 1. The molecule has 2 aromatic rings. The maximum Gasteiger partial charge on any atom is 0.270 e. The van der Waals surface area contributed by atoms with Crippen LogP contribution in [-0.4, -0.2) is 31.7 Å². The Labute approximate surface area is 168 Å². The summed E-state index contributed by atoms with van der Waals surface area (Å²) in [6, 6.07) is 10.9. The van der Waals surface area contributed by atoms with E-state index in [4.69, 9.17) is 9.47 Å². The highest BCUT2D eigenvalue weighted by Gasteiger charge is 2.19. The third-order valence-corrected chi connectivity index (χ3v) is 4.40. The van der Waals surface area contributed by atoms with Gasteiger partial charge in [0.2, 0.25) is 5.91 Å². The monoisotopic (exact) mass is 398 g/mol. The number of nitrogens with one attached hydrogen (secondary N) is 2. The lowest BCUT2D eigenvalue weighted by Crippen LogP contribution is -3.04. The third-order valence-electron chi connectivity index (χ3n) is 4.40. The Morgan fingerprint density at radius 2 is 1.97 bits per heavy atom. The van der Waals surface area contributed by atoms with Crippen LogP contribution < -0.4 is 15.0 Å². The second kappa shape index (κ2) is 9.31. The van der Waals surface area contributed by atoms with E-state index < -0.39 is 4.92 Å². The van der Waals surface area contributed by atoms with E-state index in [1.54, 1.807) is 0 Å². The van der Waals surface area contributed by atoms with Crippen molar-refractivity contribution in [2.24, 2.45) is 0 Å². The predicted octanol–water partition coefficient (Wildman–Crippen LogP) is 1.44. The molecule has 0 radical (unpaired) electrons. The van der Waals surface area contributed by atoms with Crippen LogP contribution in [0.15, 0.2) is 42.5 Å². The van der Waals surface area contributed by atoms with Gasteiger partial charge in [-0.25, -0.2) is 0 Å². The number of rotatable bonds is 7. The number of hydrogen-bond donors (Lipinski definition) is 2. The molecule has 3 rings (SSSR count). The van der Waals surface area contributed by atoms with E-state index in [-0.39, 0.29) is 25.0 Å². The maximum absolute atomic E-state index is 12.2. The Hall–Kier alpha value is -3.23. The van der Waals surface area contributed by atoms with Gasteiger partial charge in [-0.05, 0) is 11.6 Å². The number of carbonyl (C=O) groups is 1. The highest BCUT2D eigenvalue weighted by molar-refractivity contribution is 5.92. The standard InChI is InChI=1S/C21H23N3O5/c1-23(2)12-16-5-3-15(4-6-16)11-22-20(25)8-7-17-9-19(24(26)27)10-18-13-28-14-29-21(17)18/h3-10H,11-14H2,1-2H3,(H,22,25)/p+1/b8-7+. The molecule has 0 aromatic heterocycles. The maximum atomic E-state index is 12.2. The van der Waals surface area contributed by atoms with Crippen LogP contribution in [0.2, 0.25) is 0 Å². The van der Waals surface area contributed by atoms with Gasteiger partial charge in [0, 0.05) is 41.4 Å². The summed E-state index contributed by atoms with van der Waals surface area (Å²) in [4.78, 5) is 24.2. The number of benzene rings is 2. The van der Waals surface area contributed by atoms with Crippen molar-refractivity contribution >= 4 is 17.7 Å². The Morgan fingerprint density at radius 3 is 2.66 bits per heavy atom. The lowest BCUT2D eigenvalue weighted by Gasteiger charge is -2.19. The Kier molecular flexibility index (Phi) is 6.58. The van der Waals surface area contributed by atoms with E-state index in [0.717, 1.165) is 12.1 Å². The molecule has 0 spiro atoms. The van der Waals surface area contributed by atoms with Gasteiger partial charge in [-0.1, -0.05) is 24.3 Å². The first kappa shape index (κ1) is 20.5. The zero-order valence-corrected chi connectivity index (χ0v) is 16.4. The molecule has 8 heteroatoms. The molecule has 0 bridgehead atoms. The molecule has 0 aliphatic carbocycles. The van der Waals surface area contributed by atoms with E-state index in [1.807, 2.05) is 12.1 Å². The highest BCUT2D eigenvalue weighted by atomic mass is 16.7. The Bertz CT molecular complexity index is 923. The van der Waals surface area contributed by atoms with E-state index in [0.29, 0.717) is 23.4 Å². The van der Waals surface area contributed by atoms with Crippen molar-refractivity contribution < 1.29 is 24.1 Å². The molecular weight excluding hydrogens is 374 g/mol. The molecule has 152 valence electrons. The number of nitro benzene ring substituents is 1. The number of nitro groups is 1. The van der Waals surface area contributed by atoms with E-state index >= 15 is 0 Å². The molecule has 1 heterocycles. The quantitative estimate of drug-likeness (QED) is 0.418. The third kappa shape index (κ3) is 5.63. The van der Waals surface area contributed by atoms with Crippen LogP contribution in [0.25, 0.3) is 6.08 Å². The van der Waals surface area contributed by atoms with Crippen molar-refractivity contribution in [3.63, 3.8) is 0 Å². The van der Waals surface area contributed by atoms with Crippen LogP contribution in [0.4, 0.5) is 5.69 Å². The lowest BCUT2D eigenvalue weighted by molar-refractivity contribution is -0.872. The normalized spacial score (nSPS) is 13.2. The fourth-order valence-electron chi connectivity index (χ4n) is 3.06. The zero-order chi connectivity index (χ0) is 20.8. The number of hydrogen-bond acceptors (Lipinski definition) is 5. The van der Waals surface area contributed by atoms with Crippen molar-refractivity contribution in [3.8, 4) is 5.75 Å². The molecule has 1 aliphatic heterocycles. The smallest absolute Gasteiger partial charge is 0.270 e. The SMILES string of the molecule is C[NH+](C)Cc1ccc(CNC(=O)/C=C/c2cc([N+](=O)[O-])cc3c2OCOC3)cc1. The fraction of sp³-hybridized carbons (Fsp3) is 0.286. The van der Waals surface area contributed by atoms with Crippen molar-refractivity contribution in [1.29, 1.82) is 0 Å².